The number of fused-ring (bicyclic) bond motifs is 1. The van der Waals surface area contributed by atoms with Gasteiger partial charge in [0.15, 0.2) is 6.29 Å². The molecule has 1 aliphatic carbocycles. The van der Waals surface area contributed by atoms with Crippen molar-refractivity contribution in [1.82, 2.24) is 15.5 Å². The Kier molecular flexibility index (Phi) is 16.3. The number of piperidine rings is 1. The predicted octanol–water partition coefficient (Wildman–Crippen LogP) is 9.51. The lowest BCUT2D eigenvalue weighted by Gasteiger charge is -2.50. The number of rotatable bonds is 17. The third-order valence-electron chi connectivity index (χ3n) is 13.0. The molecule has 3 amide bonds. The Morgan fingerprint density at radius 2 is 1.47 bits per heavy atom. The molecule has 4 aromatic carbocycles. The fourth-order valence-electron chi connectivity index (χ4n) is 9.76. The summed E-state index contributed by atoms with van der Waals surface area (Å²) < 4.78 is 13.8. The molecule has 0 aromatic heterocycles. The van der Waals surface area contributed by atoms with Crippen LogP contribution in [-0.2, 0) is 37.0 Å². The van der Waals surface area contributed by atoms with Crippen molar-refractivity contribution in [3.8, 4) is 11.1 Å². The van der Waals surface area contributed by atoms with E-state index < -0.39 is 6.29 Å². The van der Waals surface area contributed by atoms with Crippen LogP contribution >= 0.6 is 0 Å². The second-order valence-electron chi connectivity index (χ2n) is 19.1. The van der Waals surface area contributed by atoms with Gasteiger partial charge in [-0.2, -0.15) is 0 Å². The highest BCUT2D eigenvalue weighted by Gasteiger charge is 2.44. The van der Waals surface area contributed by atoms with Gasteiger partial charge < -0.3 is 36.3 Å². The number of nitrogen functional groups attached to an aromatic ring is 1. The fourth-order valence-corrected chi connectivity index (χ4v) is 9.76. The largest absolute Gasteiger partial charge is 0.397 e. The normalized spacial score (nSPS) is 22.6. The standard InChI is InChI=1S/C53H69N5O6/c1-53(2,3)57-51(62)47-29-28-38-15-8-11-21-46(38)58(47)34-43-32-48(39-26-24-36(35-59)25-27-39)64-52(63-43)42-18-13-17-41(31-42)40-16-12-14-37(30-40)33-55-49(60)22-6-4-5-7-23-50(61)56-45-20-10-9-19-44(45)54/h9-10,12-14,16-20,24-27,30-31,38,43,46-48,52,59H,4-8,11,15,21-23,28-29,32-35,54H2,1-3H3,(H,55,60)(H,56,61)(H,57,62). The van der Waals surface area contributed by atoms with Gasteiger partial charge in [0.25, 0.3) is 0 Å². The molecule has 6 atom stereocenters. The summed E-state index contributed by atoms with van der Waals surface area (Å²) in [5.74, 6) is 0.653. The molecule has 0 bridgehead atoms. The highest BCUT2D eigenvalue weighted by atomic mass is 16.7. The highest BCUT2D eigenvalue weighted by Crippen LogP contribution is 2.42. The van der Waals surface area contributed by atoms with Gasteiger partial charge in [-0.05, 0) is 117 Å². The van der Waals surface area contributed by atoms with Crippen molar-refractivity contribution in [2.75, 3.05) is 17.6 Å². The maximum absolute atomic E-state index is 13.9. The number of hydrogen-bond donors (Lipinski definition) is 5. The van der Waals surface area contributed by atoms with Gasteiger partial charge in [0.05, 0.1) is 36.2 Å². The van der Waals surface area contributed by atoms with Crippen molar-refractivity contribution in [1.29, 1.82) is 0 Å². The number of anilines is 2. The number of carbonyl (C=O) groups excluding carboxylic acids is 3. The van der Waals surface area contributed by atoms with Gasteiger partial charge in [-0.3, -0.25) is 19.3 Å². The quantitative estimate of drug-likeness (QED) is 0.0519. The van der Waals surface area contributed by atoms with Gasteiger partial charge in [0.2, 0.25) is 17.7 Å². The van der Waals surface area contributed by atoms with E-state index >= 15 is 0 Å². The Morgan fingerprint density at radius 3 is 2.22 bits per heavy atom. The molecule has 0 radical (unpaired) electrons. The van der Waals surface area contributed by atoms with Gasteiger partial charge in [-0.25, -0.2) is 0 Å². The van der Waals surface area contributed by atoms with Crippen molar-refractivity contribution in [3.63, 3.8) is 0 Å². The number of ether oxygens (including phenoxy) is 2. The Labute approximate surface area is 379 Å². The molecule has 1 saturated carbocycles. The molecular weight excluding hydrogens is 803 g/mol. The van der Waals surface area contributed by atoms with Crippen molar-refractivity contribution in [3.05, 3.63) is 119 Å². The van der Waals surface area contributed by atoms with Gasteiger partial charge in [0.1, 0.15) is 0 Å². The zero-order valence-corrected chi connectivity index (χ0v) is 38.0. The van der Waals surface area contributed by atoms with E-state index in [1.54, 1.807) is 12.1 Å². The van der Waals surface area contributed by atoms with Crippen molar-refractivity contribution < 1.29 is 29.0 Å². The van der Waals surface area contributed by atoms with E-state index in [2.05, 4.69) is 51.2 Å². The van der Waals surface area contributed by atoms with Crippen LogP contribution in [0.1, 0.15) is 139 Å². The molecule has 6 N–H and O–H groups in total. The van der Waals surface area contributed by atoms with Gasteiger partial charge in [0, 0.05) is 49.5 Å². The lowest BCUT2D eigenvalue weighted by atomic mass is 9.75. The van der Waals surface area contributed by atoms with Gasteiger partial charge >= 0.3 is 0 Å². The predicted molar refractivity (Wildman–Crippen MR) is 253 cm³/mol. The van der Waals surface area contributed by atoms with E-state index in [0.29, 0.717) is 55.7 Å². The number of nitrogens with two attached hydrogens (primary N) is 1. The maximum atomic E-state index is 13.9. The van der Waals surface area contributed by atoms with E-state index in [1.165, 1.54) is 19.3 Å². The minimum Gasteiger partial charge on any atom is -0.397 e. The first-order valence-corrected chi connectivity index (χ1v) is 23.6. The molecule has 0 spiro atoms. The summed E-state index contributed by atoms with van der Waals surface area (Å²) in [5.41, 5.74) is 12.6. The Hall–Kier alpha value is -5.07. The van der Waals surface area contributed by atoms with E-state index in [-0.39, 0.29) is 48.1 Å². The summed E-state index contributed by atoms with van der Waals surface area (Å²) in [5, 5.41) is 19.0. The molecule has 64 heavy (non-hydrogen) atoms. The van der Waals surface area contributed by atoms with Crippen LogP contribution in [0.3, 0.4) is 0 Å². The first kappa shape index (κ1) is 46.9. The van der Waals surface area contributed by atoms with Gasteiger partial charge in [-0.1, -0.05) is 98.5 Å². The van der Waals surface area contributed by atoms with Crippen LogP contribution in [0.4, 0.5) is 11.4 Å². The number of carbonyl (C=O) groups is 3. The Morgan fingerprint density at radius 1 is 0.750 bits per heavy atom. The number of aliphatic hydroxyl groups excluding tert-OH is 1. The lowest BCUT2D eigenvalue weighted by molar-refractivity contribution is -0.255. The summed E-state index contributed by atoms with van der Waals surface area (Å²) in [4.78, 5) is 41.5. The molecule has 342 valence electrons. The minimum atomic E-state index is -0.636. The second-order valence-corrected chi connectivity index (χ2v) is 19.1. The molecule has 11 nitrogen and oxygen atoms in total. The summed E-state index contributed by atoms with van der Waals surface area (Å²) in [6.45, 7) is 7.19. The summed E-state index contributed by atoms with van der Waals surface area (Å²) in [6.07, 6.45) is 10.4. The number of para-hydroxylation sites is 2. The monoisotopic (exact) mass is 872 g/mol. The van der Waals surface area contributed by atoms with Crippen molar-refractivity contribution in [2.45, 2.75) is 154 Å². The molecule has 3 fully saturated rings. The first-order chi connectivity index (χ1) is 30.9. The molecule has 11 heteroatoms. The number of amides is 3. The average molecular weight is 872 g/mol. The van der Waals surface area contributed by atoms with Gasteiger partial charge in [-0.15, -0.1) is 0 Å². The van der Waals surface area contributed by atoms with Crippen LogP contribution in [0.5, 0.6) is 0 Å². The molecule has 2 aliphatic heterocycles. The highest BCUT2D eigenvalue weighted by molar-refractivity contribution is 5.93. The zero-order chi connectivity index (χ0) is 45.1. The van der Waals surface area contributed by atoms with Crippen LogP contribution in [0, 0.1) is 5.92 Å². The molecule has 7 rings (SSSR count). The summed E-state index contributed by atoms with van der Waals surface area (Å²) in [6, 6.07) is 31.9. The fraction of sp³-hybridized carbons (Fsp3) is 0.491. The number of likely N-dealkylation sites (tertiary alicyclic amines) is 1. The van der Waals surface area contributed by atoms with Crippen LogP contribution < -0.4 is 21.7 Å². The molecule has 6 unspecified atom stereocenters. The molecule has 3 aliphatic rings. The number of unbranched alkanes of at least 4 members (excludes halogenated alkanes) is 3. The zero-order valence-electron chi connectivity index (χ0n) is 38.0. The SMILES string of the molecule is CC(C)(C)NC(=O)C1CCC2CCCCC2N1CC1CC(c2ccc(CO)cc2)OC(c2cccc(-c3cccc(CNC(=O)CCCCCCC(=O)Nc4ccccc4N)c3)c2)O1. The van der Waals surface area contributed by atoms with Crippen LogP contribution in [0.2, 0.25) is 0 Å². The maximum Gasteiger partial charge on any atom is 0.237 e. The van der Waals surface area contributed by atoms with E-state index in [9.17, 15) is 19.5 Å². The van der Waals surface area contributed by atoms with Crippen molar-refractivity contribution >= 4 is 29.1 Å². The van der Waals surface area contributed by atoms with E-state index in [0.717, 1.165) is 78.3 Å². The second kappa shape index (κ2) is 22.2. The number of nitrogens with one attached hydrogen (secondary N) is 3. The molecule has 2 heterocycles. The van der Waals surface area contributed by atoms with Crippen LogP contribution in [0.15, 0.2) is 97.1 Å². The van der Waals surface area contributed by atoms with E-state index in [4.69, 9.17) is 15.2 Å². The molecule has 2 saturated heterocycles. The first-order valence-electron chi connectivity index (χ1n) is 23.6. The summed E-state index contributed by atoms with van der Waals surface area (Å²) >= 11 is 0. The smallest absolute Gasteiger partial charge is 0.237 e. The Bertz CT molecular complexity index is 2170. The molecule has 4 aromatic rings. The van der Waals surface area contributed by atoms with Crippen molar-refractivity contribution in [2.24, 2.45) is 5.92 Å². The summed E-state index contributed by atoms with van der Waals surface area (Å²) in [7, 11) is 0. The van der Waals surface area contributed by atoms with Crippen LogP contribution in [0.25, 0.3) is 11.1 Å². The Balaban J connectivity index is 0.980. The third kappa shape index (κ3) is 13.0. The minimum absolute atomic E-state index is 0.0103. The number of hydrogen-bond acceptors (Lipinski definition) is 8. The third-order valence-corrected chi connectivity index (χ3v) is 13.0. The number of nitrogens with zero attached hydrogens (tertiary/aromatic N) is 1. The number of aliphatic hydroxyl groups is 1. The molecular formula is C53H69N5O6. The van der Waals surface area contributed by atoms with Crippen LogP contribution in [-0.4, -0.2) is 58.0 Å². The number of benzene rings is 4. The average Bonchev–Trinajstić information content (AvgIpc) is 3.29. The lowest BCUT2D eigenvalue weighted by Crippen LogP contribution is -2.61. The van der Waals surface area contributed by atoms with E-state index in [1.807, 2.05) is 75.4 Å². The topological polar surface area (TPSA) is 155 Å².